The van der Waals surface area contributed by atoms with E-state index in [2.05, 4.69) is 17.6 Å². The first-order valence-corrected chi connectivity index (χ1v) is 8.98. The number of esters is 1. The second kappa shape index (κ2) is 9.42. The summed E-state index contributed by atoms with van der Waals surface area (Å²) in [4.78, 5) is 24.7. The predicted molar refractivity (Wildman–Crippen MR) is 96.5 cm³/mol. The van der Waals surface area contributed by atoms with Gasteiger partial charge in [0.05, 0.1) is 12.2 Å². The van der Waals surface area contributed by atoms with E-state index in [0.717, 1.165) is 19.3 Å². The smallest absolute Gasteiger partial charge is 0.341 e. The van der Waals surface area contributed by atoms with Crippen LogP contribution in [0.2, 0.25) is 0 Å². The molecule has 6 heteroatoms. The number of nitrogens with one attached hydrogen (secondary N) is 2. The van der Waals surface area contributed by atoms with Gasteiger partial charge in [-0.15, -0.1) is 0 Å². The number of carbonyl (C=O) groups excluding carboxylic acids is 2. The summed E-state index contributed by atoms with van der Waals surface area (Å²) in [5.41, 5.74) is 0.927. The number of hydrogen-bond donors (Lipinski definition) is 3. The van der Waals surface area contributed by atoms with Crippen LogP contribution in [0.15, 0.2) is 24.3 Å². The number of anilines is 1. The molecule has 1 aliphatic carbocycles. The number of para-hydroxylation sites is 1. The van der Waals surface area contributed by atoms with Crippen molar-refractivity contribution >= 4 is 17.6 Å². The summed E-state index contributed by atoms with van der Waals surface area (Å²) in [5, 5.41) is 14.9. The number of aliphatic hydroxyl groups excluding tert-OH is 1. The second-order valence-corrected chi connectivity index (χ2v) is 6.62. The third kappa shape index (κ3) is 5.46. The molecule has 138 valence electrons. The number of hydrogen-bond acceptors (Lipinski definition) is 5. The Morgan fingerprint density at radius 1 is 1.28 bits per heavy atom. The summed E-state index contributed by atoms with van der Waals surface area (Å²) in [7, 11) is 0. The Kier molecular flexibility index (Phi) is 7.25. The maximum absolute atomic E-state index is 12.4. The average molecular weight is 348 g/mol. The molecule has 0 aromatic heterocycles. The first kappa shape index (κ1) is 19.2. The van der Waals surface area contributed by atoms with Crippen LogP contribution in [0.25, 0.3) is 0 Å². The lowest BCUT2D eigenvalue weighted by molar-refractivity contribution is -0.130. The van der Waals surface area contributed by atoms with E-state index >= 15 is 0 Å². The van der Waals surface area contributed by atoms with E-state index in [1.807, 2.05) is 0 Å². The zero-order chi connectivity index (χ0) is 18.2. The quantitative estimate of drug-likeness (QED) is 0.658. The molecule has 0 radical (unpaired) electrons. The van der Waals surface area contributed by atoms with Gasteiger partial charge in [0, 0.05) is 18.3 Å². The van der Waals surface area contributed by atoms with Crippen LogP contribution in [-0.2, 0) is 9.53 Å². The van der Waals surface area contributed by atoms with E-state index < -0.39 is 12.1 Å². The van der Waals surface area contributed by atoms with Gasteiger partial charge in [0.25, 0.3) is 5.91 Å². The molecule has 0 saturated heterocycles. The zero-order valence-electron chi connectivity index (χ0n) is 15.0. The molecule has 25 heavy (non-hydrogen) atoms. The molecule has 1 fully saturated rings. The fraction of sp³-hybridized carbons (Fsp3) is 0.579. The highest BCUT2D eigenvalue weighted by Crippen LogP contribution is 2.24. The van der Waals surface area contributed by atoms with E-state index in [1.165, 1.54) is 6.42 Å². The Morgan fingerprint density at radius 2 is 2.00 bits per heavy atom. The lowest BCUT2D eigenvalue weighted by Gasteiger charge is -2.30. The molecular weight excluding hydrogens is 320 g/mol. The maximum atomic E-state index is 12.4. The van der Waals surface area contributed by atoms with Gasteiger partial charge >= 0.3 is 5.97 Å². The van der Waals surface area contributed by atoms with Crippen LogP contribution in [-0.4, -0.2) is 42.3 Å². The predicted octanol–water partition coefficient (Wildman–Crippen LogP) is 2.33. The van der Waals surface area contributed by atoms with Crippen molar-refractivity contribution in [1.29, 1.82) is 0 Å². The van der Waals surface area contributed by atoms with Gasteiger partial charge in [-0.05, 0) is 37.8 Å². The second-order valence-electron chi connectivity index (χ2n) is 6.62. The average Bonchev–Trinajstić information content (AvgIpc) is 2.62. The number of carbonyl (C=O) groups is 2. The normalized spacial score (nSPS) is 21.2. The van der Waals surface area contributed by atoms with Crippen LogP contribution < -0.4 is 10.6 Å². The van der Waals surface area contributed by atoms with Crippen molar-refractivity contribution in [3.63, 3.8) is 0 Å². The molecule has 1 saturated carbocycles. The fourth-order valence-corrected chi connectivity index (χ4v) is 3.11. The third-order valence-electron chi connectivity index (χ3n) is 4.67. The van der Waals surface area contributed by atoms with Gasteiger partial charge in [-0.1, -0.05) is 31.9 Å². The van der Waals surface area contributed by atoms with Gasteiger partial charge in [-0.25, -0.2) is 4.79 Å². The van der Waals surface area contributed by atoms with Gasteiger partial charge < -0.3 is 20.5 Å². The Morgan fingerprint density at radius 3 is 2.72 bits per heavy atom. The van der Waals surface area contributed by atoms with Crippen LogP contribution in [0.1, 0.15) is 49.9 Å². The summed E-state index contributed by atoms with van der Waals surface area (Å²) >= 11 is 0. The Bertz CT molecular complexity index is 591. The van der Waals surface area contributed by atoms with E-state index in [0.29, 0.717) is 23.7 Å². The molecule has 0 bridgehead atoms. The van der Waals surface area contributed by atoms with Crippen LogP contribution >= 0.6 is 0 Å². The van der Waals surface area contributed by atoms with Crippen molar-refractivity contribution in [1.82, 2.24) is 5.32 Å². The molecule has 1 aromatic rings. The highest BCUT2D eigenvalue weighted by Gasteiger charge is 2.27. The lowest BCUT2D eigenvalue weighted by atomic mass is 9.86. The molecule has 3 N–H and O–H groups in total. The molecule has 1 aromatic carbocycles. The Balaban J connectivity index is 1.94. The van der Waals surface area contributed by atoms with Crippen LogP contribution in [0.5, 0.6) is 0 Å². The molecule has 3 atom stereocenters. The van der Waals surface area contributed by atoms with Crippen molar-refractivity contribution in [2.24, 2.45) is 5.92 Å². The number of rotatable bonds is 7. The number of ether oxygens (including phenoxy) is 1. The minimum Gasteiger partial charge on any atom is -0.449 e. The first-order chi connectivity index (χ1) is 12.0. The zero-order valence-corrected chi connectivity index (χ0v) is 15.0. The molecule has 6 nitrogen and oxygen atoms in total. The van der Waals surface area contributed by atoms with Crippen molar-refractivity contribution < 1.29 is 19.4 Å². The summed E-state index contributed by atoms with van der Waals surface area (Å²) in [6.07, 6.45) is 3.56. The molecule has 0 spiro atoms. The van der Waals surface area contributed by atoms with E-state index in [4.69, 9.17) is 9.84 Å². The van der Waals surface area contributed by atoms with Crippen molar-refractivity contribution in [2.75, 3.05) is 18.5 Å². The summed E-state index contributed by atoms with van der Waals surface area (Å²) < 4.78 is 5.34. The van der Waals surface area contributed by atoms with Crippen molar-refractivity contribution in [2.45, 2.75) is 51.7 Å². The first-order valence-electron chi connectivity index (χ1n) is 8.98. The SMILES string of the molecule is C[C@H](OC(=O)c1ccccc1NCCO)C(=O)N[C@H]1CCCC[C@H]1C. The van der Waals surface area contributed by atoms with E-state index in [-0.39, 0.29) is 18.6 Å². The number of amides is 1. The highest BCUT2D eigenvalue weighted by molar-refractivity contribution is 5.97. The summed E-state index contributed by atoms with van der Waals surface area (Å²) in [6, 6.07) is 7.05. The monoisotopic (exact) mass is 348 g/mol. The van der Waals surface area contributed by atoms with Gasteiger partial charge in [-0.3, -0.25) is 4.79 Å². The largest absolute Gasteiger partial charge is 0.449 e. The van der Waals surface area contributed by atoms with Crippen LogP contribution in [0, 0.1) is 5.92 Å². The van der Waals surface area contributed by atoms with E-state index in [9.17, 15) is 9.59 Å². The standard InChI is InChI=1S/C19H28N2O4/c1-13-7-3-5-9-16(13)21-18(23)14(2)25-19(24)15-8-4-6-10-17(15)20-11-12-22/h4,6,8,10,13-14,16,20,22H,3,5,7,9,11-12H2,1-2H3,(H,21,23)/t13-,14+,16+/m1/s1. The molecule has 0 aliphatic heterocycles. The van der Waals surface area contributed by atoms with Gasteiger partial charge in [-0.2, -0.15) is 0 Å². The van der Waals surface area contributed by atoms with Crippen molar-refractivity contribution in [3.05, 3.63) is 29.8 Å². The fourth-order valence-electron chi connectivity index (χ4n) is 3.11. The van der Waals surface area contributed by atoms with E-state index in [1.54, 1.807) is 31.2 Å². The molecule has 0 unspecified atom stereocenters. The molecule has 0 heterocycles. The number of benzene rings is 1. The van der Waals surface area contributed by atoms with Gasteiger partial charge in [0.1, 0.15) is 0 Å². The lowest BCUT2D eigenvalue weighted by Crippen LogP contribution is -2.46. The molecule has 1 aliphatic rings. The highest BCUT2D eigenvalue weighted by atomic mass is 16.5. The Labute approximate surface area is 149 Å². The number of aliphatic hydroxyl groups is 1. The topological polar surface area (TPSA) is 87.7 Å². The van der Waals surface area contributed by atoms with Gasteiger partial charge in [0.15, 0.2) is 6.10 Å². The molecule has 1 amide bonds. The summed E-state index contributed by atoms with van der Waals surface area (Å²) in [6.45, 7) is 4.02. The van der Waals surface area contributed by atoms with Crippen LogP contribution in [0.3, 0.4) is 0 Å². The van der Waals surface area contributed by atoms with Crippen molar-refractivity contribution in [3.8, 4) is 0 Å². The maximum Gasteiger partial charge on any atom is 0.341 e. The van der Waals surface area contributed by atoms with Gasteiger partial charge in [0.2, 0.25) is 0 Å². The molecule has 2 rings (SSSR count). The minimum atomic E-state index is -0.854. The molecular formula is C19H28N2O4. The van der Waals surface area contributed by atoms with Crippen LogP contribution in [0.4, 0.5) is 5.69 Å². The Hall–Kier alpha value is -2.08. The summed E-state index contributed by atoms with van der Waals surface area (Å²) in [5.74, 6) is -0.364. The minimum absolute atomic E-state index is 0.0399. The third-order valence-corrected chi connectivity index (χ3v) is 4.67.